The highest BCUT2D eigenvalue weighted by Crippen LogP contribution is 2.17. The number of nitrogens with zero attached hydrogens (tertiary/aromatic N) is 3. The van der Waals surface area contributed by atoms with Crippen molar-refractivity contribution >= 4 is 23.0 Å². The average Bonchev–Trinajstić information content (AvgIpc) is 3.09. The molecule has 1 atom stereocenters. The fourth-order valence-corrected chi connectivity index (χ4v) is 2.11. The summed E-state index contributed by atoms with van der Waals surface area (Å²) in [6, 6.07) is 6.54. The summed E-state index contributed by atoms with van der Waals surface area (Å²) in [7, 11) is 1.31. The molecule has 0 bridgehead atoms. The van der Waals surface area contributed by atoms with Gasteiger partial charge in [-0.2, -0.15) is 4.98 Å². The van der Waals surface area contributed by atoms with Gasteiger partial charge in [-0.25, -0.2) is 14.8 Å². The Hall–Kier alpha value is -3.40. The van der Waals surface area contributed by atoms with E-state index in [1.165, 1.54) is 13.4 Å². The van der Waals surface area contributed by atoms with Crippen LogP contribution in [-0.2, 0) is 4.74 Å². The van der Waals surface area contributed by atoms with Gasteiger partial charge in [0.05, 0.1) is 12.7 Å². The second kappa shape index (κ2) is 7.66. The van der Waals surface area contributed by atoms with Crippen LogP contribution in [0.2, 0.25) is 0 Å². The molecule has 10 heteroatoms. The van der Waals surface area contributed by atoms with Gasteiger partial charge in [0.2, 0.25) is 0 Å². The zero-order valence-corrected chi connectivity index (χ0v) is 13.9. The SMILES string of the molecule is COC(=O)c1ccc(OCC(O)COc2nc3ncnc(N)c3[nH]2)cc1. The molecular weight excluding hydrogens is 342 g/mol. The van der Waals surface area contributed by atoms with Crippen molar-refractivity contribution in [1.82, 2.24) is 19.9 Å². The van der Waals surface area contributed by atoms with E-state index in [1.54, 1.807) is 24.3 Å². The zero-order chi connectivity index (χ0) is 18.5. The average molecular weight is 359 g/mol. The van der Waals surface area contributed by atoms with Crippen LogP contribution in [-0.4, -0.2) is 57.4 Å². The highest BCUT2D eigenvalue weighted by molar-refractivity contribution is 5.89. The van der Waals surface area contributed by atoms with Crippen molar-refractivity contribution < 1.29 is 24.1 Å². The van der Waals surface area contributed by atoms with E-state index in [4.69, 9.17) is 15.2 Å². The van der Waals surface area contributed by atoms with Gasteiger partial charge in [-0.3, -0.25) is 0 Å². The number of hydrogen-bond acceptors (Lipinski definition) is 9. The maximum Gasteiger partial charge on any atom is 0.337 e. The molecular formula is C16H17N5O5. The number of aromatic nitrogens is 4. The van der Waals surface area contributed by atoms with E-state index in [0.29, 0.717) is 22.5 Å². The smallest absolute Gasteiger partial charge is 0.337 e. The second-order valence-corrected chi connectivity index (χ2v) is 5.29. The van der Waals surface area contributed by atoms with Crippen molar-refractivity contribution in [3.8, 4) is 11.8 Å². The topological polar surface area (TPSA) is 145 Å². The molecule has 2 heterocycles. The third kappa shape index (κ3) is 3.98. The molecule has 2 aromatic heterocycles. The lowest BCUT2D eigenvalue weighted by atomic mass is 10.2. The van der Waals surface area contributed by atoms with E-state index >= 15 is 0 Å². The number of carbonyl (C=O) groups is 1. The van der Waals surface area contributed by atoms with Crippen molar-refractivity contribution in [3.05, 3.63) is 36.2 Å². The van der Waals surface area contributed by atoms with Gasteiger partial charge in [-0.1, -0.05) is 0 Å². The van der Waals surface area contributed by atoms with Gasteiger partial charge in [0.15, 0.2) is 11.5 Å². The molecule has 1 aromatic carbocycles. The number of nitrogen functional groups attached to an aromatic ring is 1. The van der Waals surface area contributed by atoms with E-state index in [2.05, 4.69) is 24.7 Å². The maximum atomic E-state index is 11.4. The number of imidazole rings is 1. The number of hydrogen-bond donors (Lipinski definition) is 3. The number of nitrogens with two attached hydrogens (primary N) is 1. The lowest BCUT2D eigenvalue weighted by molar-refractivity contribution is 0.0589. The molecule has 1 unspecified atom stereocenters. The number of aromatic amines is 1. The molecule has 0 aliphatic rings. The molecule has 10 nitrogen and oxygen atoms in total. The van der Waals surface area contributed by atoms with Crippen molar-refractivity contribution in [1.29, 1.82) is 0 Å². The van der Waals surface area contributed by atoms with Crippen molar-refractivity contribution in [3.63, 3.8) is 0 Å². The molecule has 4 N–H and O–H groups in total. The number of aliphatic hydroxyl groups excluding tert-OH is 1. The number of fused-ring (bicyclic) bond motifs is 1. The van der Waals surface area contributed by atoms with E-state index in [1.807, 2.05) is 0 Å². The normalized spacial score (nSPS) is 11.9. The Morgan fingerprint density at radius 3 is 2.65 bits per heavy atom. The number of anilines is 1. The Kier molecular flexibility index (Phi) is 5.13. The minimum absolute atomic E-state index is 0.000254. The minimum Gasteiger partial charge on any atom is -0.491 e. The molecule has 0 aliphatic heterocycles. The first-order valence-electron chi connectivity index (χ1n) is 7.65. The number of methoxy groups -OCH3 is 1. The van der Waals surface area contributed by atoms with Gasteiger partial charge in [-0.15, -0.1) is 0 Å². The molecule has 0 amide bonds. The van der Waals surface area contributed by atoms with E-state index in [-0.39, 0.29) is 25.0 Å². The molecule has 0 spiro atoms. The Morgan fingerprint density at radius 1 is 1.23 bits per heavy atom. The lowest BCUT2D eigenvalue weighted by Gasteiger charge is -2.12. The Balaban J connectivity index is 1.50. The molecule has 136 valence electrons. The number of esters is 1. The van der Waals surface area contributed by atoms with Crippen LogP contribution in [0.5, 0.6) is 11.8 Å². The third-order valence-corrected chi connectivity index (χ3v) is 3.43. The number of nitrogens with one attached hydrogen (secondary N) is 1. The summed E-state index contributed by atoms with van der Waals surface area (Å²) in [5, 5.41) is 9.96. The largest absolute Gasteiger partial charge is 0.491 e. The number of rotatable bonds is 7. The fraction of sp³-hybridized carbons (Fsp3) is 0.250. The van der Waals surface area contributed by atoms with Gasteiger partial charge in [-0.05, 0) is 24.3 Å². The van der Waals surface area contributed by atoms with Crippen LogP contribution in [0.3, 0.4) is 0 Å². The third-order valence-electron chi connectivity index (χ3n) is 3.43. The van der Waals surface area contributed by atoms with Crippen molar-refractivity contribution in [2.75, 3.05) is 26.1 Å². The number of H-pyrrole nitrogens is 1. The van der Waals surface area contributed by atoms with Crippen LogP contribution in [0.25, 0.3) is 11.2 Å². The molecule has 0 radical (unpaired) electrons. The van der Waals surface area contributed by atoms with E-state index in [9.17, 15) is 9.90 Å². The number of ether oxygens (including phenoxy) is 3. The monoisotopic (exact) mass is 359 g/mol. The zero-order valence-electron chi connectivity index (χ0n) is 13.9. The summed E-state index contributed by atoms with van der Waals surface area (Å²) in [6.45, 7) is -0.0485. The minimum atomic E-state index is -0.896. The Bertz CT molecular complexity index is 896. The second-order valence-electron chi connectivity index (χ2n) is 5.29. The predicted octanol–water partition coefficient (Wildman–Crippen LogP) is 0.540. The number of aliphatic hydroxyl groups is 1. The maximum absolute atomic E-state index is 11.4. The number of benzene rings is 1. The van der Waals surface area contributed by atoms with Crippen LogP contribution in [0, 0.1) is 0 Å². The highest BCUT2D eigenvalue weighted by atomic mass is 16.5. The van der Waals surface area contributed by atoms with Crippen LogP contribution in [0.4, 0.5) is 5.82 Å². The Labute approximate surface area is 147 Å². The van der Waals surface area contributed by atoms with E-state index < -0.39 is 12.1 Å². The number of carbonyl (C=O) groups excluding carboxylic acids is 1. The van der Waals surface area contributed by atoms with Gasteiger partial charge in [0, 0.05) is 0 Å². The lowest BCUT2D eigenvalue weighted by Crippen LogP contribution is -2.25. The summed E-state index contributed by atoms with van der Waals surface area (Å²) in [5.74, 6) is 0.335. The van der Waals surface area contributed by atoms with Gasteiger partial charge in [0.25, 0.3) is 6.01 Å². The molecule has 0 saturated heterocycles. The standard InChI is InChI=1S/C16H17N5O5/c1-24-15(23)9-2-4-11(5-3-9)25-6-10(22)7-26-16-20-12-13(17)18-8-19-14(12)21-16/h2-5,8,10,22H,6-7H2,1H3,(H3,17,18,19,20,21). The molecule has 0 saturated carbocycles. The summed E-state index contributed by atoms with van der Waals surface area (Å²) in [4.78, 5) is 26.1. The van der Waals surface area contributed by atoms with E-state index in [0.717, 1.165) is 0 Å². The Morgan fingerprint density at radius 2 is 1.96 bits per heavy atom. The molecule has 0 aliphatic carbocycles. The first-order valence-corrected chi connectivity index (χ1v) is 7.65. The highest BCUT2D eigenvalue weighted by Gasteiger charge is 2.12. The van der Waals surface area contributed by atoms with Crippen LogP contribution < -0.4 is 15.2 Å². The van der Waals surface area contributed by atoms with Gasteiger partial charge in [0.1, 0.15) is 36.9 Å². The molecule has 3 aromatic rings. The fourth-order valence-electron chi connectivity index (χ4n) is 2.11. The van der Waals surface area contributed by atoms with Crippen molar-refractivity contribution in [2.45, 2.75) is 6.10 Å². The quantitative estimate of drug-likeness (QED) is 0.514. The van der Waals surface area contributed by atoms with Crippen LogP contribution in [0.1, 0.15) is 10.4 Å². The summed E-state index contributed by atoms with van der Waals surface area (Å²) in [5.41, 5.74) is 6.96. The van der Waals surface area contributed by atoms with Crippen LogP contribution in [0.15, 0.2) is 30.6 Å². The summed E-state index contributed by atoms with van der Waals surface area (Å²) >= 11 is 0. The first-order chi connectivity index (χ1) is 12.6. The molecule has 26 heavy (non-hydrogen) atoms. The van der Waals surface area contributed by atoms with Gasteiger partial charge >= 0.3 is 5.97 Å². The van der Waals surface area contributed by atoms with Crippen molar-refractivity contribution in [2.24, 2.45) is 0 Å². The first kappa shape index (κ1) is 17.4. The summed E-state index contributed by atoms with van der Waals surface area (Å²) < 4.78 is 15.4. The summed E-state index contributed by atoms with van der Waals surface area (Å²) in [6.07, 6.45) is 0.406. The molecule has 0 fully saturated rings. The molecule has 3 rings (SSSR count). The predicted molar refractivity (Wildman–Crippen MR) is 90.9 cm³/mol. The van der Waals surface area contributed by atoms with Gasteiger partial charge < -0.3 is 30.0 Å². The van der Waals surface area contributed by atoms with Crippen LogP contribution >= 0.6 is 0 Å².